The largest absolute Gasteiger partial charge is 0.426 e. The van der Waals surface area contributed by atoms with Crippen LogP contribution >= 0.6 is 0 Å². The number of carbonyl (C=O) groups excluding carboxylic acids is 1. The van der Waals surface area contributed by atoms with Crippen molar-refractivity contribution in [3.05, 3.63) is 29.8 Å². The topological polar surface area (TPSA) is 26.3 Å². The van der Waals surface area contributed by atoms with E-state index in [4.69, 9.17) is 4.74 Å². The molecule has 2 unspecified atom stereocenters. The molecule has 0 heterocycles. The third-order valence-corrected chi connectivity index (χ3v) is 5.15. The van der Waals surface area contributed by atoms with Gasteiger partial charge in [-0.3, -0.25) is 4.79 Å². The number of ether oxygens (including phenoxy) is 1. The lowest BCUT2D eigenvalue weighted by Gasteiger charge is -2.30. The van der Waals surface area contributed by atoms with Crippen molar-refractivity contribution in [2.75, 3.05) is 0 Å². The van der Waals surface area contributed by atoms with Crippen LogP contribution in [0.4, 0.5) is 0 Å². The molecule has 26 heavy (non-hydrogen) atoms. The summed E-state index contributed by atoms with van der Waals surface area (Å²) >= 11 is 0. The van der Waals surface area contributed by atoms with Gasteiger partial charge in [0.15, 0.2) is 0 Å². The van der Waals surface area contributed by atoms with E-state index < -0.39 is 0 Å². The second-order valence-electron chi connectivity index (χ2n) is 9.17. The Hall–Kier alpha value is -1.31. The number of hydrogen-bond donors (Lipinski definition) is 0. The summed E-state index contributed by atoms with van der Waals surface area (Å²) < 4.78 is 5.74. The molecule has 0 saturated carbocycles. The van der Waals surface area contributed by atoms with Crippen LogP contribution in [0.5, 0.6) is 5.75 Å². The normalized spacial score (nSPS) is 14.3. The Morgan fingerprint density at radius 2 is 1.62 bits per heavy atom. The van der Waals surface area contributed by atoms with Gasteiger partial charge in [-0.15, -0.1) is 0 Å². The van der Waals surface area contributed by atoms with Crippen LogP contribution in [0.15, 0.2) is 24.3 Å². The number of rotatable bonds is 10. The maximum Gasteiger partial charge on any atom is 0.314 e. The van der Waals surface area contributed by atoms with Crippen LogP contribution in [0.2, 0.25) is 0 Å². The van der Waals surface area contributed by atoms with E-state index in [1.165, 1.54) is 37.7 Å². The van der Waals surface area contributed by atoms with E-state index in [2.05, 4.69) is 60.6 Å². The lowest BCUT2D eigenvalue weighted by molar-refractivity contribution is -0.143. The Labute approximate surface area is 161 Å². The molecule has 0 aliphatic heterocycles. The SMILES string of the molecule is CCCCC(CCC)c1ccc(OC(=O)C(CC(C)C)C(C)(C)C)cc1. The van der Waals surface area contributed by atoms with Crippen molar-refractivity contribution in [3.8, 4) is 5.75 Å². The fourth-order valence-corrected chi connectivity index (χ4v) is 3.55. The molecule has 0 N–H and O–H groups in total. The average molecular weight is 361 g/mol. The number of benzene rings is 1. The van der Waals surface area contributed by atoms with E-state index >= 15 is 0 Å². The maximum absolute atomic E-state index is 12.7. The number of unbranched alkanes of at least 4 members (excludes halogenated alkanes) is 1. The first-order chi connectivity index (χ1) is 12.2. The van der Waals surface area contributed by atoms with E-state index in [9.17, 15) is 4.79 Å². The third-order valence-electron chi connectivity index (χ3n) is 5.15. The average Bonchev–Trinajstić information content (AvgIpc) is 2.56. The molecule has 2 heteroatoms. The van der Waals surface area contributed by atoms with Gasteiger partial charge in [0.2, 0.25) is 0 Å². The highest BCUT2D eigenvalue weighted by Crippen LogP contribution is 2.33. The van der Waals surface area contributed by atoms with Crippen molar-refractivity contribution < 1.29 is 9.53 Å². The summed E-state index contributed by atoms with van der Waals surface area (Å²) in [6, 6.07) is 8.23. The minimum Gasteiger partial charge on any atom is -0.426 e. The zero-order valence-corrected chi connectivity index (χ0v) is 18.1. The van der Waals surface area contributed by atoms with Crippen molar-refractivity contribution in [1.82, 2.24) is 0 Å². The fraction of sp³-hybridized carbons (Fsp3) is 0.708. The van der Waals surface area contributed by atoms with Crippen molar-refractivity contribution in [2.45, 2.75) is 92.9 Å². The Morgan fingerprint density at radius 3 is 2.08 bits per heavy atom. The molecule has 2 nitrogen and oxygen atoms in total. The lowest BCUT2D eigenvalue weighted by Crippen LogP contribution is -2.33. The smallest absolute Gasteiger partial charge is 0.314 e. The predicted molar refractivity (Wildman–Crippen MR) is 112 cm³/mol. The summed E-state index contributed by atoms with van der Waals surface area (Å²) in [5, 5.41) is 0. The molecule has 1 aromatic rings. The van der Waals surface area contributed by atoms with Crippen LogP contribution in [-0.4, -0.2) is 5.97 Å². The van der Waals surface area contributed by atoms with Crippen LogP contribution in [-0.2, 0) is 4.79 Å². The highest BCUT2D eigenvalue weighted by atomic mass is 16.5. The predicted octanol–water partition coefficient (Wildman–Crippen LogP) is 7.37. The van der Waals surface area contributed by atoms with Gasteiger partial charge in [-0.2, -0.15) is 0 Å². The van der Waals surface area contributed by atoms with Gasteiger partial charge in [-0.05, 0) is 54.2 Å². The molecule has 1 aromatic carbocycles. The van der Waals surface area contributed by atoms with Crippen molar-refractivity contribution in [2.24, 2.45) is 17.3 Å². The molecule has 0 fully saturated rings. The monoisotopic (exact) mass is 360 g/mol. The molecule has 0 radical (unpaired) electrons. The molecular formula is C24H40O2. The molecule has 0 spiro atoms. The third kappa shape index (κ3) is 7.51. The highest BCUT2D eigenvalue weighted by molar-refractivity contribution is 5.76. The molecule has 0 bridgehead atoms. The summed E-state index contributed by atoms with van der Waals surface area (Å²) in [7, 11) is 0. The van der Waals surface area contributed by atoms with Gasteiger partial charge in [0.05, 0.1) is 5.92 Å². The molecule has 1 rings (SSSR count). The van der Waals surface area contributed by atoms with Gasteiger partial charge in [0.1, 0.15) is 5.75 Å². The zero-order valence-electron chi connectivity index (χ0n) is 18.1. The maximum atomic E-state index is 12.7. The van der Waals surface area contributed by atoms with E-state index in [0.717, 1.165) is 6.42 Å². The second kappa shape index (κ2) is 10.7. The molecule has 0 saturated heterocycles. The minimum atomic E-state index is -0.102. The molecule has 0 aromatic heterocycles. The van der Waals surface area contributed by atoms with Gasteiger partial charge in [-0.1, -0.05) is 79.9 Å². The van der Waals surface area contributed by atoms with Crippen LogP contribution in [0.3, 0.4) is 0 Å². The van der Waals surface area contributed by atoms with Gasteiger partial charge < -0.3 is 4.74 Å². The summed E-state index contributed by atoms with van der Waals surface area (Å²) in [6.07, 6.45) is 7.02. The first kappa shape index (κ1) is 22.7. The molecule has 0 aliphatic carbocycles. The summed E-state index contributed by atoms with van der Waals surface area (Å²) in [6.45, 7) is 15.2. The molecule has 148 valence electrons. The van der Waals surface area contributed by atoms with E-state index in [-0.39, 0.29) is 17.3 Å². The van der Waals surface area contributed by atoms with Gasteiger partial charge in [-0.25, -0.2) is 0 Å². The molecule has 0 aliphatic rings. The number of hydrogen-bond acceptors (Lipinski definition) is 2. The standard InChI is InChI=1S/C24H40O2/c1-8-10-12-19(11-9-2)20-13-15-21(16-14-20)26-23(25)22(17-18(3)4)24(5,6)7/h13-16,18-19,22H,8-12,17H2,1-7H3. The van der Waals surface area contributed by atoms with Crippen molar-refractivity contribution in [3.63, 3.8) is 0 Å². The van der Waals surface area contributed by atoms with Crippen LogP contribution < -0.4 is 4.74 Å². The van der Waals surface area contributed by atoms with Crippen LogP contribution in [0.25, 0.3) is 0 Å². The minimum absolute atomic E-state index is 0.0837. The zero-order chi connectivity index (χ0) is 19.7. The van der Waals surface area contributed by atoms with Gasteiger partial charge in [0, 0.05) is 0 Å². The Morgan fingerprint density at radius 1 is 1.00 bits per heavy atom. The van der Waals surface area contributed by atoms with Gasteiger partial charge >= 0.3 is 5.97 Å². The first-order valence-electron chi connectivity index (χ1n) is 10.5. The summed E-state index contributed by atoms with van der Waals surface area (Å²) in [5.41, 5.74) is 1.28. The van der Waals surface area contributed by atoms with Gasteiger partial charge in [0.25, 0.3) is 0 Å². The molecular weight excluding hydrogens is 320 g/mol. The van der Waals surface area contributed by atoms with Crippen LogP contribution in [0.1, 0.15) is 98.5 Å². The Kier molecular flexibility index (Phi) is 9.39. The fourth-order valence-electron chi connectivity index (χ4n) is 3.55. The molecule has 0 amide bonds. The summed E-state index contributed by atoms with van der Waals surface area (Å²) in [5.74, 6) is 1.58. The Balaban J connectivity index is 2.82. The Bertz CT molecular complexity index is 522. The van der Waals surface area contributed by atoms with E-state index in [1.807, 2.05) is 12.1 Å². The lowest BCUT2D eigenvalue weighted by atomic mass is 9.76. The summed E-state index contributed by atoms with van der Waals surface area (Å²) in [4.78, 5) is 12.7. The second-order valence-corrected chi connectivity index (χ2v) is 9.17. The van der Waals surface area contributed by atoms with E-state index in [0.29, 0.717) is 17.6 Å². The number of carbonyl (C=O) groups is 1. The number of esters is 1. The van der Waals surface area contributed by atoms with Crippen molar-refractivity contribution >= 4 is 5.97 Å². The van der Waals surface area contributed by atoms with Crippen molar-refractivity contribution in [1.29, 1.82) is 0 Å². The van der Waals surface area contributed by atoms with E-state index in [1.54, 1.807) is 0 Å². The van der Waals surface area contributed by atoms with Crippen LogP contribution in [0, 0.1) is 17.3 Å². The molecule has 2 atom stereocenters. The first-order valence-corrected chi connectivity index (χ1v) is 10.5. The highest BCUT2D eigenvalue weighted by Gasteiger charge is 2.33. The quantitative estimate of drug-likeness (QED) is 0.321.